The summed E-state index contributed by atoms with van der Waals surface area (Å²) in [5.74, 6) is 0.155. The van der Waals surface area contributed by atoms with E-state index >= 15 is 0 Å². The van der Waals surface area contributed by atoms with E-state index in [2.05, 4.69) is 21.0 Å². The van der Waals surface area contributed by atoms with E-state index in [0.29, 0.717) is 6.04 Å². The molecule has 1 saturated heterocycles. The molecule has 0 bridgehead atoms. The van der Waals surface area contributed by atoms with E-state index in [1.54, 1.807) is 0 Å². The van der Waals surface area contributed by atoms with Crippen molar-refractivity contribution in [3.8, 4) is 0 Å². The van der Waals surface area contributed by atoms with Gasteiger partial charge in [-0.15, -0.1) is 0 Å². The van der Waals surface area contributed by atoms with Crippen LogP contribution in [-0.4, -0.2) is 66.6 Å². The highest BCUT2D eigenvalue weighted by Gasteiger charge is 2.24. The summed E-state index contributed by atoms with van der Waals surface area (Å²) in [7, 11) is 1.92. The number of likely N-dealkylation sites (N-methyl/N-ethyl adjacent to an activating group) is 1. The van der Waals surface area contributed by atoms with E-state index in [1.807, 2.05) is 24.1 Å². The molecule has 0 aromatic carbocycles. The molecule has 0 spiro atoms. The van der Waals surface area contributed by atoms with Crippen molar-refractivity contribution in [3.05, 3.63) is 24.0 Å². The number of amides is 1. The number of aromatic nitrogens is 1. The van der Waals surface area contributed by atoms with Crippen molar-refractivity contribution in [2.75, 3.05) is 46.3 Å². The summed E-state index contributed by atoms with van der Waals surface area (Å²) >= 11 is 0. The van der Waals surface area contributed by atoms with E-state index < -0.39 is 0 Å². The maximum absolute atomic E-state index is 12.6. The highest BCUT2D eigenvalue weighted by Crippen LogP contribution is 2.32. The van der Waals surface area contributed by atoms with Gasteiger partial charge in [-0.3, -0.25) is 9.69 Å². The van der Waals surface area contributed by atoms with Gasteiger partial charge in [0.1, 0.15) is 5.69 Å². The van der Waals surface area contributed by atoms with E-state index in [9.17, 15) is 4.79 Å². The van der Waals surface area contributed by atoms with Crippen molar-refractivity contribution in [2.24, 2.45) is 0 Å². The van der Waals surface area contributed by atoms with Crippen molar-refractivity contribution in [1.29, 1.82) is 0 Å². The molecule has 5 heteroatoms. The summed E-state index contributed by atoms with van der Waals surface area (Å²) in [5.41, 5.74) is 0.850. The third-order valence-electron chi connectivity index (χ3n) is 4.77. The zero-order valence-electron chi connectivity index (χ0n) is 12.9. The summed E-state index contributed by atoms with van der Waals surface area (Å²) in [4.78, 5) is 16.9. The number of rotatable bonds is 5. The quantitative estimate of drug-likeness (QED) is 0.885. The Morgan fingerprint density at radius 2 is 2.14 bits per heavy atom. The number of hydrogen-bond acceptors (Lipinski definition) is 3. The third kappa shape index (κ3) is 3.30. The first-order chi connectivity index (χ1) is 10.3. The number of piperazine rings is 1. The fourth-order valence-corrected chi connectivity index (χ4v) is 3.08. The molecule has 1 saturated carbocycles. The first-order valence-electron chi connectivity index (χ1n) is 8.11. The van der Waals surface area contributed by atoms with E-state index in [4.69, 9.17) is 0 Å². The molecule has 0 atom stereocenters. The van der Waals surface area contributed by atoms with Crippen LogP contribution in [0.3, 0.4) is 0 Å². The zero-order valence-corrected chi connectivity index (χ0v) is 12.9. The van der Waals surface area contributed by atoms with Crippen molar-refractivity contribution in [1.82, 2.24) is 19.7 Å². The van der Waals surface area contributed by atoms with Crippen LogP contribution in [-0.2, 0) is 0 Å². The zero-order chi connectivity index (χ0) is 14.7. The lowest BCUT2D eigenvalue weighted by molar-refractivity contribution is 0.0758. The molecule has 1 aliphatic carbocycles. The van der Waals surface area contributed by atoms with Crippen molar-refractivity contribution >= 4 is 5.91 Å². The molecule has 2 aliphatic rings. The van der Waals surface area contributed by atoms with Gasteiger partial charge in [0.15, 0.2) is 0 Å². The van der Waals surface area contributed by atoms with Gasteiger partial charge < -0.3 is 14.8 Å². The normalized spacial score (nSPS) is 20.2. The molecular weight excluding hydrogens is 264 g/mol. The van der Waals surface area contributed by atoms with Crippen LogP contribution in [0.2, 0.25) is 0 Å². The largest absolute Gasteiger partial charge is 0.340 e. The van der Waals surface area contributed by atoms with Gasteiger partial charge in [0.2, 0.25) is 0 Å². The average Bonchev–Trinajstić information content (AvgIpc) is 2.92. The van der Waals surface area contributed by atoms with Crippen LogP contribution in [0.25, 0.3) is 0 Å². The fourth-order valence-electron chi connectivity index (χ4n) is 3.08. The molecule has 1 aromatic heterocycles. The third-order valence-corrected chi connectivity index (χ3v) is 4.77. The molecule has 3 rings (SSSR count). The SMILES string of the molecule is CN(CCN1CCNCC1)C(=O)c1cccn1C1CCC1. The number of hydrogen-bond donors (Lipinski definition) is 1. The minimum Gasteiger partial charge on any atom is -0.340 e. The molecule has 0 radical (unpaired) electrons. The Kier molecular flexibility index (Phi) is 4.60. The number of nitrogens with zero attached hydrogens (tertiary/aromatic N) is 3. The van der Waals surface area contributed by atoms with Gasteiger partial charge in [0.25, 0.3) is 5.91 Å². The van der Waals surface area contributed by atoms with Gasteiger partial charge in [0, 0.05) is 58.6 Å². The Balaban J connectivity index is 1.55. The lowest BCUT2D eigenvalue weighted by Crippen LogP contribution is -2.46. The minimum atomic E-state index is 0.155. The smallest absolute Gasteiger partial charge is 0.270 e. The van der Waals surface area contributed by atoms with Crippen LogP contribution in [0.5, 0.6) is 0 Å². The molecular formula is C16H26N4O. The standard InChI is InChI=1S/C16H26N4O/c1-18(12-13-19-10-7-17-8-11-19)16(21)15-6-3-9-20(15)14-4-2-5-14/h3,6,9,14,17H,2,4-5,7-8,10-13H2,1H3. The predicted octanol–water partition coefficient (Wildman–Crippen LogP) is 1.19. The van der Waals surface area contributed by atoms with Crippen molar-refractivity contribution in [2.45, 2.75) is 25.3 Å². The van der Waals surface area contributed by atoms with Crippen LogP contribution in [0.4, 0.5) is 0 Å². The highest BCUT2D eigenvalue weighted by molar-refractivity contribution is 5.92. The average molecular weight is 290 g/mol. The van der Waals surface area contributed by atoms with Crippen LogP contribution in [0.1, 0.15) is 35.8 Å². The van der Waals surface area contributed by atoms with Crippen molar-refractivity contribution < 1.29 is 4.79 Å². The highest BCUT2D eigenvalue weighted by atomic mass is 16.2. The van der Waals surface area contributed by atoms with E-state index in [1.165, 1.54) is 19.3 Å². The van der Waals surface area contributed by atoms with Crippen molar-refractivity contribution in [3.63, 3.8) is 0 Å². The van der Waals surface area contributed by atoms with Crippen LogP contribution < -0.4 is 5.32 Å². The van der Waals surface area contributed by atoms with Crippen LogP contribution in [0.15, 0.2) is 18.3 Å². The van der Waals surface area contributed by atoms with Gasteiger partial charge in [0.05, 0.1) is 0 Å². The Morgan fingerprint density at radius 3 is 2.81 bits per heavy atom. The van der Waals surface area contributed by atoms with Gasteiger partial charge >= 0.3 is 0 Å². The second kappa shape index (κ2) is 6.62. The second-order valence-corrected chi connectivity index (χ2v) is 6.20. The maximum Gasteiger partial charge on any atom is 0.270 e. The number of nitrogens with one attached hydrogen (secondary N) is 1. The Morgan fingerprint density at radius 1 is 1.38 bits per heavy atom. The number of carbonyl (C=O) groups is 1. The van der Waals surface area contributed by atoms with E-state index in [-0.39, 0.29) is 5.91 Å². The Labute approximate surface area is 126 Å². The van der Waals surface area contributed by atoms with Crippen LogP contribution >= 0.6 is 0 Å². The van der Waals surface area contributed by atoms with Gasteiger partial charge in [-0.05, 0) is 31.4 Å². The molecule has 1 amide bonds. The fraction of sp³-hybridized carbons (Fsp3) is 0.688. The summed E-state index contributed by atoms with van der Waals surface area (Å²) in [6.07, 6.45) is 5.76. The van der Waals surface area contributed by atoms with Gasteiger partial charge in [-0.1, -0.05) is 0 Å². The summed E-state index contributed by atoms with van der Waals surface area (Å²) in [6, 6.07) is 4.50. The molecule has 1 N–H and O–H groups in total. The Bertz CT molecular complexity index is 474. The lowest BCUT2D eigenvalue weighted by Gasteiger charge is -2.31. The molecule has 1 aliphatic heterocycles. The molecule has 0 unspecified atom stereocenters. The lowest BCUT2D eigenvalue weighted by atomic mass is 9.93. The maximum atomic E-state index is 12.6. The monoisotopic (exact) mass is 290 g/mol. The van der Waals surface area contributed by atoms with Gasteiger partial charge in [-0.2, -0.15) is 0 Å². The molecule has 1 aromatic rings. The predicted molar refractivity (Wildman–Crippen MR) is 83.6 cm³/mol. The topological polar surface area (TPSA) is 40.5 Å². The minimum absolute atomic E-state index is 0.155. The summed E-state index contributed by atoms with van der Waals surface area (Å²) in [5, 5.41) is 3.35. The molecule has 21 heavy (non-hydrogen) atoms. The molecule has 2 heterocycles. The molecule has 2 fully saturated rings. The Hall–Kier alpha value is -1.33. The first-order valence-corrected chi connectivity index (χ1v) is 8.11. The second-order valence-electron chi connectivity index (χ2n) is 6.20. The van der Waals surface area contributed by atoms with E-state index in [0.717, 1.165) is 45.0 Å². The number of carbonyl (C=O) groups excluding carboxylic acids is 1. The summed E-state index contributed by atoms with van der Waals surface area (Å²) in [6.45, 7) is 6.05. The summed E-state index contributed by atoms with van der Waals surface area (Å²) < 4.78 is 2.17. The van der Waals surface area contributed by atoms with Gasteiger partial charge in [-0.25, -0.2) is 0 Å². The van der Waals surface area contributed by atoms with Crippen LogP contribution in [0, 0.1) is 0 Å². The molecule has 5 nitrogen and oxygen atoms in total. The molecule has 116 valence electrons. The first kappa shape index (κ1) is 14.6.